The molecule has 3 heteroatoms. The Bertz CT molecular complexity index is 597. The third kappa shape index (κ3) is 3.23. The standard InChI is InChI=1S/C18H22N2O/c1-14(15-7-3-2-4-8-15)18(21)13-16-11-12-20(19-16)17-9-5-6-10-17/h2-4,7-8,11-12,14,17H,5-6,9-10,13H2,1H3. The van der Waals surface area contributed by atoms with Crippen LogP contribution in [0.3, 0.4) is 0 Å². The zero-order valence-electron chi connectivity index (χ0n) is 12.5. The number of ketones is 1. The minimum Gasteiger partial charge on any atom is -0.299 e. The molecule has 0 bridgehead atoms. The molecule has 3 rings (SSSR count). The van der Waals surface area contributed by atoms with Crippen molar-refractivity contribution in [3.05, 3.63) is 53.9 Å². The van der Waals surface area contributed by atoms with Gasteiger partial charge in [-0.05, 0) is 24.5 Å². The van der Waals surface area contributed by atoms with E-state index in [4.69, 9.17) is 0 Å². The highest BCUT2D eigenvalue weighted by atomic mass is 16.1. The number of carbonyl (C=O) groups excluding carboxylic acids is 1. The average Bonchev–Trinajstić information content (AvgIpc) is 3.18. The summed E-state index contributed by atoms with van der Waals surface area (Å²) in [6.07, 6.45) is 7.49. The van der Waals surface area contributed by atoms with Gasteiger partial charge in [0.25, 0.3) is 0 Å². The molecule has 0 radical (unpaired) electrons. The molecule has 1 aromatic heterocycles. The van der Waals surface area contributed by atoms with E-state index in [1.165, 1.54) is 25.7 Å². The Hall–Kier alpha value is -1.90. The molecule has 1 aliphatic carbocycles. The van der Waals surface area contributed by atoms with Crippen LogP contribution in [-0.4, -0.2) is 15.6 Å². The summed E-state index contributed by atoms with van der Waals surface area (Å²) in [6.45, 7) is 1.98. The molecule has 1 saturated carbocycles. The Morgan fingerprint density at radius 1 is 1.24 bits per heavy atom. The molecule has 1 aromatic carbocycles. The van der Waals surface area contributed by atoms with Crippen molar-refractivity contribution in [1.82, 2.24) is 9.78 Å². The van der Waals surface area contributed by atoms with E-state index in [0.29, 0.717) is 12.5 Å². The first kappa shape index (κ1) is 14.1. The molecule has 0 saturated heterocycles. The number of nitrogens with zero attached hydrogens (tertiary/aromatic N) is 2. The van der Waals surface area contributed by atoms with Gasteiger partial charge in [-0.1, -0.05) is 50.1 Å². The molecule has 110 valence electrons. The lowest BCUT2D eigenvalue weighted by atomic mass is 9.94. The van der Waals surface area contributed by atoms with Crippen LogP contribution in [0.2, 0.25) is 0 Å². The van der Waals surface area contributed by atoms with Gasteiger partial charge in [-0.15, -0.1) is 0 Å². The molecule has 2 aromatic rings. The molecule has 1 fully saturated rings. The number of hydrogen-bond donors (Lipinski definition) is 0. The third-order valence-electron chi connectivity index (χ3n) is 4.50. The second-order valence-corrected chi connectivity index (χ2v) is 6.00. The van der Waals surface area contributed by atoms with E-state index in [1.807, 2.05) is 49.5 Å². The molecule has 3 nitrogen and oxygen atoms in total. The molecule has 0 aliphatic heterocycles. The number of hydrogen-bond acceptors (Lipinski definition) is 2. The van der Waals surface area contributed by atoms with Gasteiger partial charge in [-0.25, -0.2) is 0 Å². The van der Waals surface area contributed by atoms with Gasteiger partial charge < -0.3 is 0 Å². The highest BCUT2D eigenvalue weighted by molar-refractivity contribution is 5.86. The van der Waals surface area contributed by atoms with E-state index in [1.54, 1.807) is 0 Å². The smallest absolute Gasteiger partial charge is 0.146 e. The summed E-state index contributed by atoms with van der Waals surface area (Å²) < 4.78 is 2.06. The molecule has 1 aliphatic rings. The Balaban J connectivity index is 1.64. The van der Waals surface area contributed by atoms with Gasteiger partial charge in [-0.2, -0.15) is 5.10 Å². The van der Waals surface area contributed by atoms with E-state index in [2.05, 4.69) is 9.78 Å². The van der Waals surface area contributed by atoms with Crippen molar-refractivity contribution in [1.29, 1.82) is 0 Å². The second-order valence-electron chi connectivity index (χ2n) is 6.00. The van der Waals surface area contributed by atoms with Crippen LogP contribution in [0.15, 0.2) is 42.6 Å². The van der Waals surface area contributed by atoms with Crippen LogP contribution in [0.4, 0.5) is 0 Å². The Labute approximate surface area is 126 Å². The quantitative estimate of drug-likeness (QED) is 0.833. The number of carbonyl (C=O) groups is 1. The molecule has 1 unspecified atom stereocenters. The van der Waals surface area contributed by atoms with Crippen LogP contribution in [0, 0.1) is 0 Å². The van der Waals surface area contributed by atoms with Gasteiger partial charge in [0.05, 0.1) is 18.2 Å². The number of benzene rings is 1. The highest BCUT2D eigenvalue weighted by Gasteiger charge is 2.20. The van der Waals surface area contributed by atoms with Gasteiger partial charge in [-0.3, -0.25) is 9.48 Å². The van der Waals surface area contributed by atoms with Crippen LogP contribution in [0.5, 0.6) is 0 Å². The highest BCUT2D eigenvalue weighted by Crippen LogP contribution is 2.28. The lowest BCUT2D eigenvalue weighted by molar-refractivity contribution is -0.119. The largest absolute Gasteiger partial charge is 0.299 e. The molecular formula is C18H22N2O. The Morgan fingerprint density at radius 2 is 1.95 bits per heavy atom. The fraction of sp³-hybridized carbons (Fsp3) is 0.444. The monoisotopic (exact) mass is 282 g/mol. The fourth-order valence-corrected chi connectivity index (χ4v) is 3.10. The van der Waals surface area contributed by atoms with Gasteiger partial charge >= 0.3 is 0 Å². The van der Waals surface area contributed by atoms with Crippen molar-refractivity contribution in [3.63, 3.8) is 0 Å². The maximum atomic E-state index is 12.4. The summed E-state index contributed by atoms with van der Waals surface area (Å²) >= 11 is 0. The molecule has 0 N–H and O–H groups in total. The zero-order chi connectivity index (χ0) is 14.7. The number of aromatic nitrogens is 2. The maximum Gasteiger partial charge on any atom is 0.146 e. The van der Waals surface area contributed by atoms with Gasteiger partial charge in [0.2, 0.25) is 0 Å². The van der Waals surface area contributed by atoms with Gasteiger partial charge in [0, 0.05) is 12.1 Å². The number of rotatable bonds is 5. The summed E-state index contributed by atoms with van der Waals surface area (Å²) in [5, 5.41) is 4.60. The topological polar surface area (TPSA) is 34.9 Å². The van der Waals surface area contributed by atoms with Crippen LogP contribution < -0.4 is 0 Å². The van der Waals surface area contributed by atoms with E-state index in [0.717, 1.165) is 11.3 Å². The van der Waals surface area contributed by atoms with Gasteiger partial charge in [0.15, 0.2) is 0 Å². The first-order chi connectivity index (χ1) is 10.2. The maximum absolute atomic E-state index is 12.4. The fourth-order valence-electron chi connectivity index (χ4n) is 3.10. The summed E-state index contributed by atoms with van der Waals surface area (Å²) in [4.78, 5) is 12.4. The van der Waals surface area contributed by atoms with Crippen molar-refractivity contribution >= 4 is 5.78 Å². The Morgan fingerprint density at radius 3 is 2.67 bits per heavy atom. The minimum absolute atomic E-state index is 0.0668. The van der Waals surface area contributed by atoms with Crippen molar-refractivity contribution in [2.75, 3.05) is 0 Å². The van der Waals surface area contributed by atoms with Crippen LogP contribution in [-0.2, 0) is 11.2 Å². The molecule has 1 atom stereocenters. The lowest BCUT2D eigenvalue weighted by Gasteiger charge is -2.10. The number of Topliss-reactive ketones (excluding diaryl/α,β-unsaturated/α-hetero) is 1. The minimum atomic E-state index is -0.0668. The molecule has 1 heterocycles. The predicted octanol–water partition coefficient (Wildman–Crippen LogP) is 3.91. The zero-order valence-corrected chi connectivity index (χ0v) is 12.5. The normalized spacial score (nSPS) is 17.0. The first-order valence-electron chi connectivity index (χ1n) is 7.86. The summed E-state index contributed by atoms with van der Waals surface area (Å²) in [5.74, 6) is 0.167. The Kier molecular flexibility index (Phi) is 4.18. The van der Waals surface area contributed by atoms with Crippen molar-refractivity contribution in [3.8, 4) is 0 Å². The van der Waals surface area contributed by atoms with Crippen molar-refractivity contribution in [2.24, 2.45) is 0 Å². The van der Waals surface area contributed by atoms with Crippen LogP contribution in [0.1, 0.15) is 55.8 Å². The summed E-state index contributed by atoms with van der Waals surface area (Å²) in [6, 6.07) is 12.5. The molecule has 0 spiro atoms. The van der Waals surface area contributed by atoms with E-state index in [9.17, 15) is 4.79 Å². The lowest BCUT2D eigenvalue weighted by Crippen LogP contribution is -2.13. The molecule has 21 heavy (non-hydrogen) atoms. The second kappa shape index (κ2) is 6.25. The predicted molar refractivity (Wildman–Crippen MR) is 83.3 cm³/mol. The SMILES string of the molecule is CC(C(=O)Cc1ccn(C2CCCC2)n1)c1ccccc1. The van der Waals surface area contributed by atoms with E-state index < -0.39 is 0 Å². The van der Waals surface area contributed by atoms with E-state index in [-0.39, 0.29) is 11.7 Å². The molecule has 0 amide bonds. The van der Waals surface area contributed by atoms with Crippen LogP contribution >= 0.6 is 0 Å². The first-order valence-corrected chi connectivity index (χ1v) is 7.86. The summed E-state index contributed by atoms with van der Waals surface area (Å²) in [7, 11) is 0. The van der Waals surface area contributed by atoms with E-state index >= 15 is 0 Å². The van der Waals surface area contributed by atoms with Crippen LogP contribution in [0.25, 0.3) is 0 Å². The van der Waals surface area contributed by atoms with Crippen molar-refractivity contribution in [2.45, 2.75) is 51.0 Å². The van der Waals surface area contributed by atoms with Crippen molar-refractivity contribution < 1.29 is 4.79 Å². The summed E-state index contributed by atoms with van der Waals surface area (Å²) in [5.41, 5.74) is 1.98. The van der Waals surface area contributed by atoms with Gasteiger partial charge in [0.1, 0.15) is 5.78 Å². The average molecular weight is 282 g/mol. The molecular weight excluding hydrogens is 260 g/mol. The third-order valence-corrected chi connectivity index (χ3v) is 4.50.